The maximum Gasteiger partial charge on any atom is 0.221 e. The quantitative estimate of drug-likeness (QED) is 0.130. The Labute approximate surface area is 654 Å². The van der Waals surface area contributed by atoms with Gasteiger partial charge in [-0.1, -0.05) is 277 Å². The molecule has 0 unspecified atom stereocenters. The van der Waals surface area contributed by atoms with Gasteiger partial charge in [-0.3, -0.25) is 4.79 Å². The topological polar surface area (TPSA) is 84.5 Å². The van der Waals surface area contributed by atoms with Crippen LogP contribution in [0.3, 0.4) is 0 Å². The number of rotatable bonds is 12. The van der Waals surface area contributed by atoms with Crippen molar-refractivity contribution in [2.45, 2.75) is 270 Å². The van der Waals surface area contributed by atoms with Gasteiger partial charge in [-0.2, -0.15) is 0 Å². The lowest BCUT2D eigenvalue weighted by Gasteiger charge is -2.21. The van der Waals surface area contributed by atoms with E-state index in [0.29, 0.717) is 0 Å². The van der Waals surface area contributed by atoms with E-state index >= 15 is 0 Å². The molecule has 1 amide bonds. The minimum absolute atomic E-state index is 0.0295. The van der Waals surface area contributed by atoms with Gasteiger partial charge >= 0.3 is 0 Å². The van der Waals surface area contributed by atoms with E-state index in [-0.39, 0.29) is 60.9 Å². The van der Waals surface area contributed by atoms with Crippen LogP contribution in [0.15, 0.2) is 164 Å². The molecular formula is C96H140ClF2NO7. The molecule has 0 aliphatic rings. The molecule has 8 aromatic carbocycles. The highest BCUT2D eigenvalue weighted by Gasteiger charge is 2.23. The van der Waals surface area contributed by atoms with Gasteiger partial charge in [-0.25, -0.2) is 8.78 Å². The fraction of sp³-hybridized carbons (Fsp3) is 0.490. The number of nitrogens with one attached hydrogen (secondary N) is 1. The molecule has 0 bridgehead atoms. The minimum Gasteiger partial charge on any atom is -0.497 e. The highest BCUT2D eigenvalue weighted by molar-refractivity contribution is 6.33. The number of halogens is 3. The van der Waals surface area contributed by atoms with Crippen molar-refractivity contribution >= 4 is 23.2 Å². The van der Waals surface area contributed by atoms with E-state index in [1.54, 1.807) is 40.6 Å². The number of methoxy groups -OCH3 is 4. The Kier molecular flexibility index (Phi) is 40.0. The van der Waals surface area contributed by atoms with Crippen molar-refractivity contribution < 1.29 is 42.0 Å². The second-order valence-corrected chi connectivity index (χ2v) is 35.7. The van der Waals surface area contributed by atoms with Gasteiger partial charge in [0.15, 0.2) is 0 Å². The summed E-state index contributed by atoms with van der Waals surface area (Å²) in [5.41, 5.74) is 13.9. The Morgan fingerprint density at radius 3 is 1.12 bits per heavy atom. The molecule has 8 rings (SSSR count). The Morgan fingerprint density at radius 1 is 0.364 bits per heavy atom. The average molecular weight is 1490 g/mol. The number of anilines is 1. The highest BCUT2D eigenvalue weighted by Crippen LogP contribution is 2.37. The number of carbonyl (C=O) groups is 1. The number of aryl methyl sites for hydroxylation is 3. The van der Waals surface area contributed by atoms with Crippen LogP contribution < -0.4 is 33.7 Å². The van der Waals surface area contributed by atoms with Gasteiger partial charge in [0.2, 0.25) is 5.91 Å². The number of hydrogen-bond acceptors (Lipinski definition) is 7. The number of benzene rings is 8. The molecule has 0 atom stereocenters. The second-order valence-electron chi connectivity index (χ2n) is 35.3. The van der Waals surface area contributed by atoms with Gasteiger partial charge in [-0.05, 0) is 216 Å². The molecule has 11 heteroatoms. The van der Waals surface area contributed by atoms with Gasteiger partial charge in [0.1, 0.15) is 46.1 Å². The SMILES string of the molecule is CCCOc1cccc(C(C)(C)C)c1.CCCOc1cccc(C(C)(C)C)c1.CCc1ccc(C(C)(C)C)c(F)c1.COc1cc(C)cc(C(C)(C)C)c1.COc1cc(NC(C)=O)cc(C(C)(C)C)c1.COc1ccc(C(C)(C)C)cc1.COc1cccc(C(C)(C)C)c1Cl.Cc1ccc(C(C)(C)C)c(F)c1. The second kappa shape index (κ2) is 44.0. The molecule has 0 radical (unpaired) electrons. The summed E-state index contributed by atoms with van der Waals surface area (Å²) in [5, 5.41) is 3.49. The van der Waals surface area contributed by atoms with Crippen LogP contribution in [-0.4, -0.2) is 47.6 Å². The van der Waals surface area contributed by atoms with Crippen LogP contribution in [0, 0.1) is 25.5 Å². The predicted molar refractivity (Wildman–Crippen MR) is 457 cm³/mol. The maximum absolute atomic E-state index is 13.5. The molecule has 0 saturated carbocycles. The van der Waals surface area contributed by atoms with Gasteiger partial charge in [0.25, 0.3) is 0 Å². The van der Waals surface area contributed by atoms with Crippen molar-refractivity contribution in [1.29, 1.82) is 0 Å². The summed E-state index contributed by atoms with van der Waals surface area (Å²) in [7, 11) is 6.65. The molecule has 0 aliphatic carbocycles. The van der Waals surface area contributed by atoms with Gasteiger partial charge in [0.05, 0.1) is 46.7 Å². The molecular weight excluding hydrogens is 1350 g/mol. The first-order chi connectivity index (χ1) is 49.2. The molecule has 1 N–H and O–H groups in total. The first-order valence-corrected chi connectivity index (χ1v) is 38.2. The number of ether oxygens (including phenoxy) is 6. The first kappa shape index (κ1) is 97.2. The molecule has 8 nitrogen and oxygen atoms in total. The van der Waals surface area contributed by atoms with Crippen molar-refractivity contribution in [2.24, 2.45) is 0 Å². The molecule has 0 fully saturated rings. The standard InChI is InChI=1S/C13H19NO2.2C13H20O.C12H17F.C12H18O.C11H15ClO.C11H15F.C11H16O/c1-9(15)14-11-6-10(13(2,3)4)7-12(8-11)16-5;2*1-5-9-14-12-8-6-7-11(10-12)13(2,3)4;1-5-9-6-7-10(11(13)8-9)12(2,3)4;1-9-6-10(12(2,3)4)8-11(7-9)13-5;1-11(2,3)8-6-5-7-9(13-4)10(8)12;1-8-5-6-9(10(12)7-8)11(2,3)4;1-11(2,3)9-5-7-10(12-4)8-6-9/h6-8H,1-5H3,(H,14,15);2*6-8,10H,5,9H2,1-4H3;6-8H,5H2,1-4H3;6-8H,1-5H3;5-7H,1-4H3;5-7H,1-4H3;5-8H,1-4H3. The summed E-state index contributed by atoms with van der Waals surface area (Å²) in [6, 6.07) is 53.9. The lowest BCUT2D eigenvalue weighted by molar-refractivity contribution is -0.114. The molecule has 0 saturated heterocycles. The zero-order chi connectivity index (χ0) is 82.3. The summed E-state index contributed by atoms with van der Waals surface area (Å²) < 4.78 is 58.7. The van der Waals surface area contributed by atoms with E-state index < -0.39 is 0 Å². The van der Waals surface area contributed by atoms with Crippen LogP contribution in [0.25, 0.3) is 0 Å². The average Bonchev–Trinajstić information content (AvgIpc) is 0.812. The molecule has 0 aliphatic heterocycles. The summed E-state index contributed by atoms with van der Waals surface area (Å²) in [6.07, 6.45) is 3.00. The summed E-state index contributed by atoms with van der Waals surface area (Å²) >= 11 is 6.17. The maximum atomic E-state index is 13.5. The zero-order valence-corrected chi connectivity index (χ0v) is 73.4. The first-order valence-electron chi connectivity index (χ1n) is 37.8. The summed E-state index contributed by atoms with van der Waals surface area (Å²) in [6.45, 7) is 64.8. The Hall–Kier alpha value is -7.82. The minimum atomic E-state index is -0.101. The van der Waals surface area contributed by atoms with Gasteiger partial charge in [0, 0.05) is 18.7 Å². The lowest BCUT2D eigenvalue weighted by atomic mass is 9.86. The van der Waals surface area contributed by atoms with Crippen molar-refractivity contribution in [3.8, 4) is 34.5 Å². The van der Waals surface area contributed by atoms with Crippen molar-refractivity contribution in [1.82, 2.24) is 0 Å². The molecule has 0 spiro atoms. The van der Waals surface area contributed by atoms with Crippen LogP contribution in [0.2, 0.25) is 5.02 Å². The van der Waals surface area contributed by atoms with E-state index in [9.17, 15) is 13.6 Å². The molecule has 8 aromatic rings. The number of amides is 1. The molecule has 0 aromatic heterocycles. The zero-order valence-electron chi connectivity index (χ0n) is 72.6. The van der Waals surface area contributed by atoms with Crippen LogP contribution in [0.1, 0.15) is 268 Å². The molecule has 592 valence electrons. The van der Waals surface area contributed by atoms with Crippen molar-refractivity contribution in [3.63, 3.8) is 0 Å². The highest BCUT2D eigenvalue weighted by atomic mass is 35.5. The van der Waals surface area contributed by atoms with E-state index in [0.717, 1.165) is 111 Å². The third-order valence-corrected chi connectivity index (χ3v) is 17.3. The fourth-order valence-electron chi connectivity index (χ4n) is 10.2. The Balaban J connectivity index is 0.000000612. The smallest absolute Gasteiger partial charge is 0.221 e. The Morgan fingerprint density at radius 2 is 0.757 bits per heavy atom. The number of carbonyl (C=O) groups excluding carboxylic acids is 1. The van der Waals surface area contributed by atoms with Crippen LogP contribution >= 0.6 is 11.6 Å². The molecule has 0 heterocycles. The summed E-state index contributed by atoms with van der Waals surface area (Å²) in [4.78, 5) is 11.0. The third kappa shape index (κ3) is 37.2. The normalized spacial score (nSPS) is 11.4. The van der Waals surface area contributed by atoms with Gasteiger partial charge in [-0.15, -0.1) is 0 Å². The monoisotopic (exact) mass is 1490 g/mol. The van der Waals surface area contributed by atoms with Crippen molar-refractivity contribution in [3.05, 3.63) is 242 Å². The molecule has 107 heavy (non-hydrogen) atoms. The van der Waals surface area contributed by atoms with E-state index in [2.05, 4.69) is 217 Å². The van der Waals surface area contributed by atoms with Crippen LogP contribution in [0.5, 0.6) is 34.5 Å². The van der Waals surface area contributed by atoms with E-state index in [1.807, 2.05) is 140 Å². The predicted octanol–water partition coefficient (Wildman–Crippen LogP) is 27.6. The lowest BCUT2D eigenvalue weighted by Crippen LogP contribution is -2.13. The van der Waals surface area contributed by atoms with Crippen LogP contribution in [-0.2, 0) is 54.5 Å². The Bertz CT molecular complexity index is 3850. The largest absolute Gasteiger partial charge is 0.497 e. The summed E-state index contributed by atoms with van der Waals surface area (Å²) in [5.74, 6) is 5.10. The van der Waals surface area contributed by atoms with Crippen LogP contribution in [0.4, 0.5) is 14.5 Å². The number of hydrogen-bond donors (Lipinski definition) is 1. The van der Waals surface area contributed by atoms with E-state index in [4.69, 9.17) is 40.0 Å². The third-order valence-electron chi connectivity index (χ3n) is 17.0. The van der Waals surface area contributed by atoms with Crippen molar-refractivity contribution in [2.75, 3.05) is 47.0 Å². The fourth-order valence-corrected chi connectivity index (χ4v) is 10.7. The van der Waals surface area contributed by atoms with E-state index in [1.165, 1.54) is 34.7 Å². The van der Waals surface area contributed by atoms with Gasteiger partial charge < -0.3 is 33.7 Å².